The molecule has 1 amide bonds. The third-order valence-electron chi connectivity index (χ3n) is 4.50. The van der Waals surface area contributed by atoms with Gasteiger partial charge in [-0.05, 0) is 48.9 Å². The van der Waals surface area contributed by atoms with Gasteiger partial charge in [-0.2, -0.15) is 5.10 Å². The van der Waals surface area contributed by atoms with Crippen molar-refractivity contribution in [2.45, 2.75) is 31.1 Å². The number of unbranched alkanes of at least 4 members (excludes halogenated alkanes) is 1. The number of carbonyl (C=O) groups is 1. The van der Waals surface area contributed by atoms with Crippen molar-refractivity contribution in [3.8, 4) is 16.9 Å². The molecule has 3 rings (SSSR count). The number of hydrogen-bond donors (Lipinski definition) is 2. The summed E-state index contributed by atoms with van der Waals surface area (Å²) >= 11 is 6.01. The van der Waals surface area contributed by atoms with Gasteiger partial charge in [-0.15, -0.1) is 0 Å². The molecule has 3 N–H and O–H groups in total. The molecule has 0 saturated heterocycles. The van der Waals surface area contributed by atoms with Gasteiger partial charge >= 0.3 is 0 Å². The zero-order chi connectivity index (χ0) is 21.7. The summed E-state index contributed by atoms with van der Waals surface area (Å²) in [6, 6.07) is 15.2. The zero-order valence-electron chi connectivity index (χ0n) is 16.5. The van der Waals surface area contributed by atoms with Gasteiger partial charge in [-0.3, -0.25) is 4.79 Å². The molecule has 158 valence electrons. The molecule has 0 aliphatic carbocycles. The monoisotopic (exact) mass is 446 g/mol. The number of nitrogens with one attached hydrogen (secondary N) is 1. The van der Waals surface area contributed by atoms with Gasteiger partial charge in [0, 0.05) is 17.1 Å². The number of amides is 1. The minimum Gasteiger partial charge on any atom is -0.356 e. The lowest BCUT2D eigenvalue weighted by molar-refractivity contribution is -0.120. The highest BCUT2D eigenvalue weighted by Gasteiger charge is 2.15. The van der Waals surface area contributed by atoms with E-state index in [0.29, 0.717) is 22.9 Å². The Hall–Kier alpha value is -2.68. The minimum atomic E-state index is -3.79. The van der Waals surface area contributed by atoms with Gasteiger partial charge < -0.3 is 5.32 Å². The van der Waals surface area contributed by atoms with E-state index in [1.807, 2.05) is 18.2 Å². The summed E-state index contributed by atoms with van der Waals surface area (Å²) in [7, 11) is -3.79. The third kappa shape index (κ3) is 5.47. The highest BCUT2D eigenvalue weighted by Crippen LogP contribution is 2.26. The first-order chi connectivity index (χ1) is 14.3. The largest absolute Gasteiger partial charge is 0.356 e. The predicted molar refractivity (Wildman–Crippen MR) is 117 cm³/mol. The normalized spacial score (nSPS) is 11.4. The van der Waals surface area contributed by atoms with Crippen molar-refractivity contribution in [3.05, 3.63) is 65.3 Å². The van der Waals surface area contributed by atoms with Crippen molar-refractivity contribution in [1.29, 1.82) is 0 Å². The molecule has 0 saturated carbocycles. The Bertz CT molecular complexity index is 1120. The quantitative estimate of drug-likeness (QED) is 0.517. The predicted octanol–water partition coefficient (Wildman–Crippen LogP) is 3.30. The first kappa shape index (κ1) is 22.0. The number of aromatic nitrogens is 2. The number of carbonyl (C=O) groups excluding carboxylic acids is 1. The van der Waals surface area contributed by atoms with Crippen LogP contribution in [0.3, 0.4) is 0 Å². The van der Waals surface area contributed by atoms with Crippen LogP contribution in [0.4, 0.5) is 0 Å². The van der Waals surface area contributed by atoms with E-state index >= 15 is 0 Å². The Labute approximate surface area is 180 Å². The van der Waals surface area contributed by atoms with E-state index < -0.39 is 10.0 Å². The summed E-state index contributed by atoms with van der Waals surface area (Å²) in [5, 5.41) is 13.3. The second-order valence-electron chi connectivity index (χ2n) is 6.86. The maximum atomic E-state index is 12.2. The molecular formula is C21H23ClN4O3S. The average molecular weight is 447 g/mol. The van der Waals surface area contributed by atoms with Crippen LogP contribution in [0.25, 0.3) is 16.9 Å². The Balaban J connectivity index is 1.96. The first-order valence-corrected chi connectivity index (χ1v) is 11.4. The van der Waals surface area contributed by atoms with Gasteiger partial charge in [-0.1, -0.05) is 37.1 Å². The van der Waals surface area contributed by atoms with E-state index in [0.717, 1.165) is 24.1 Å². The Morgan fingerprint density at radius 3 is 2.40 bits per heavy atom. The summed E-state index contributed by atoms with van der Waals surface area (Å²) in [4.78, 5) is 12.2. The van der Waals surface area contributed by atoms with Crippen LogP contribution in [0.1, 0.15) is 25.5 Å². The summed E-state index contributed by atoms with van der Waals surface area (Å²) < 4.78 is 24.7. The fourth-order valence-electron chi connectivity index (χ4n) is 2.95. The van der Waals surface area contributed by atoms with Gasteiger partial charge in [0.15, 0.2) is 0 Å². The topological polar surface area (TPSA) is 107 Å². The molecule has 0 radical (unpaired) electrons. The lowest BCUT2D eigenvalue weighted by Crippen LogP contribution is -2.26. The number of primary sulfonamides is 1. The minimum absolute atomic E-state index is 0.0157. The molecule has 0 spiro atoms. The lowest BCUT2D eigenvalue weighted by atomic mass is 10.1. The number of rotatable bonds is 8. The second-order valence-corrected chi connectivity index (χ2v) is 8.86. The molecule has 0 aliphatic rings. The molecule has 1 aromatic heterocycles. The van der Waals surface area contributed by atoms with E-state index in [1.54, 1.807) is 28.9 Å². The molecule has 3 aromatic rings. The van der Waals surface area contributed by atoms with Crippen LogP contribution in [0.5, 0.6) is 0 Å². The summed E-state index contributed by atoms with van der Waals surface area (Å²) in [6.45, 7) is 2.70. The molecule has 9 heteroatoms. The van der Waals surface area contributed by atoms with Gasteiger partial charge in [-0.25, -0.2) is 18.2 Å². The molecule has 0 fully saturated rings. The number of sulfonamides is 1. The first-order valence-electron chi connectivity index (χ1n) is 9.52. The number of benzene rings is 2. The van der Waals surface area contributed by atoms with Crippen LogP contribution in [0, 0.1) is 0 Å². The maximum Gasteiger partial charge on any atom is 0.238 e. The van der Waals surface area contributed by atoms with Gasteiger partial charge in [0.25, 0.3) is 0 Å². The van der Waals surface area contributed by atoms with Gasteiger partial charge in [0.05, 0.1) is 28.4 Å². The molecule has 0 unspecified atom stereocenters. The van der Waals surface area contributed by atoms with Crippen molar-refractivity contribution in [1.82, 2.24) is 15.1 Å². The van der Waals surface area contributed by atoms with Crippen molar-refractivity contribution in [2.24, 2.45) is 5.14 Å². The Morgan fingerprint density at radius 2 is 1.80 bits per heavy atom. The fourth-order valence-corrected chi connectivity index (χ4v) is 3.59. The number of nitrogens with two attached hydrogens (primary N) is 1. The standard InChI is InChI=1S/C21H23ClN4O3S/c1-2-3-12-24-21(27)14-17-13-20(15-4-6-16(22)7-5-15)26(25-17)18-8-10-19(11-9-18)30(23,28)29/h4-11,13H,2-3,12,14H2,1H3,(H,24,27)(H2,23,28,29). The highest BCUT2D eigenvalue weighted by molar-refractivity contribution is 7.89. The highest BCUT2D eigenvalue weighted by atomic mass is 35.5. The van der Waals surface area contributed by atoms with Gasteiger partial charge in [0.2, 0.25) is 15.9 Å². The van der Waals surface area contributed by atoms with Gasteiger partial charge in [0.1, 0.15) is 0 Å². The van der Waals surface area contributed by atoms with Crippen molar-refractivity contribution < 1.29 is 13.2 Å². The van der Waals surface area contributed by atoms with Crippen LogP contribution in [0.2, 0.25) is 5.02 Å². The molecule has 30 heavy (non-hydrogen) atoms. The van der Waals surface area contributed by atoms with E-state index in [9.17, 15) is 13.2 Å². The van der Waals surface area contributed by atoms with Crippen molar-refractivity contribution >= 4 is 27.5 Å². The van der Waals surface area contributed by atoms with Crippen LogP contribution in [-0.2, 0) is 21.2 Å². The fraction of sp³-hybridized carbons (Fsp3) is 0.238. The van der Waals surface area contributed by atoms with E-state index in [2.05, 4.69) is 17.3 Å². The maximum absolute atomic E-state index is 12.2. The van der Waals surface area contributed by atoms with E-state index in [4.69, 9.17) is 16.7 Å². The molecule has 1 heterocycles. The van der Waals surface area contributed by atoms with Crippen LogP contribution >= 0.6 is 11.6 Å². The van der Waals surface area contributed by atoms with Crippen LogP contribution in [0.15, 0.2) is 59.5 Å². The third-order valence-corrected chi connectivity index (χ3v) is 5.69. The summed E-state index contributed by atoms with van der Waals surface area (Å²) in [5.74, 6) is -0.0969. The number of hydrogen-bond acceptors (Lipinski definition) is 4. The van der Waals surface area contributed by atoms with Crippen LogP contribution < -0.4 is 10.5 Å². The van der Waals surface area contributed by atoms with E-state index in [-0.39, 0.29) is 17.2 Å². The molecule has 0 atom stereocenters. The van der Waals surface area contributed by atoms with E-state index in [1.165, 1.54) is 12.1 Å². The summed E-state index contributed by atoms with van der Waals surface area (Å²) in [6.07, 6.45) is 2.07. The van der Waals surface area contributed by atoms with Crippen molar-refractivity contribution in [3.63, 3.8) is 0 Å². The lowest BCUT2D eigenvalue weighted by Gasteiger charge is -2.08. The number of nitrogens with zero attached hydrogens (tertiary/aromatic N) is 2. The Kier molecular flexibility index (Phi) is 6.91. The van der Waals surface area contributed by atoms with Crippen LogP contribution in [-0.4, -0.2) is 30.7 Å². The smallest absolute Gasteiger partial charge is 0.238 e. The molecule has 7 nitrogen and oxygen atoms in total. The summed E-state index contributed by atoms with van der Waals surface area (Å²) in [5.41, 5.74) is 2.86. The SMILES string of the molecule is CCCCNC(=O)Cc1cc(-c2ccc(Cl)cc2)n(-c2ccc(S(N)(=O)=O)cc2)n1. The molecule has 0 bridgehead atoms. The van der Waals surface area contributed by atoms with Crippen molar-refractivity contribution in [2.75, 3.05) is 6.54 Å². The second kappa shape index (κ2) is 9.42. The zero-order valence-corrected chi connectivity index (χ0v) is 18.1. The number of halogens is 1. The molecular weight excluding hydrogens is 424 g/mol. The molecule has 2 aromatic carbocycles. The molecule has 0 aliphatic heterocycles. The average Bonchev–Trinajstić information content (AvgIpc) is 3.12. The Morgan fingerprint density at radius 1 is 1.13 bits per heavy atom.